The smallest absolute Gasteiger partial charge is 0.251 e. The van der Waals surface area contributed by atoms with Crippen molar-refractivity contribution < 1.29 is 13.6 Å². The van der Waals surface area contributed by atoms with Crippen LogP contribution in [0.2, 0.25) is 0 Å². The van der Waals surface area contributed by atoms with Crippen molar-refractivity contribution >= 4 is 17.4 Å². The van der Waals surface area contributed by atoms with Crippen molar-refractivity contribution in [2.45, 2.75) is 13.0 Å². The molecule has 0 aliphatic heterocycles. The average molecular weight is 353 g/mol. The van der Waals surface area contributed by atoms with Gasteiger partial charge in [-0.2, -0.15) is 0 Å². The molecule has 1 atom stereocenters. The van der Waals surface area contributed by atoms with Gasteiger partial charge in [0.25, 0.3) is 5.91 Å². The Bertz CT molecular complexity index is 916. The normalized spacial score (nSPS) is 11.7. The largest absolute Gasteiger partial charge is 0.346 e. The standard InChI is InChI=1S/C20H17F2N3O/c1-13(14-5-3-2-4-6-14)24-20(26)15-9-10-23-19(11-15)25-18-8-7-16(21)12-17(18)22/h2-13H,1H3,(H,23,25)(H,24,26). The molecule has 2 aromatic carbocycles. The predicted molar refractivity (Wildman–Crippen MR) is 96.2 cm³/mol. The number of rotatable bonds is 5. The Morgan fingerprint density at radius 1 is 1.04 bits per heavy atom. The van der Waals surface area contributed by atoms with E-state index in [1.165, 1.54) is 18.3 Å². The van der Waals surface area contributed by atoms with Gasteiger partial charge < -0.3 is 10.6 Å². The highest BCUT2D eigenvalue weighted by molar-refractivity contribution is 5.95. The number of anilines is 2. The molecule has 0 bridgehead atoms. The van der Waals surface area contributed by atoms with Crippen LogP contribution in [-0.2, 0) is 0 Å². The second kappa shape index (κ2) is 7.74. The van der Waals surface area contributed by atoms with Gasteiger partial charge in [0.1, 0.15) is 17.5 Å². The quantitative estimate of drug-likeness (QED) is 0.705. The highest BCUT2D eigenvalue weighted by Gasteiger charge is 2.12. The number of benzene rings is 2. The number of nitrogens with zero attached hydrogens (tertiary/aromatic N) is 1. The molecule has 0 spiro atoms. The maximum absolute atomic E-state index is 13.7. The number of carbonyl (C=O) groups excluding carboxylic acids is 1. The summed E-state index contributed by atoms with van der Waals surface area (Å²) in [5, 5.41) is 5.65. The first kappa shape index (κ1) is 17.5. The van der Waals surface area contributed by atoms with Gasteiger partial charge in [0.05, 0.1) is 11.7 Å². The van der Waals surface area contributed by atoms with E-state index in [-0.39, 0.29) is 23.5 Å². The Kier molecular flexibility index (Phi) is 5.22. The van der Waals surface area contributed by atoms with Crippen molar-refractivity contribution in [1.82, 2.24) is 10.3 Å². The second-order valence-corrected chi connectivity index (χ2v) is 5.78. The van der Waals surface area contributed by atoms with Crippen LogP contribution in [0, 0.1) is 11.6 Å². The molecule has 0 aliphatic rings. The van der Waals surface area contributed by atoms with E-state index in [2.05, 4.69) is 15.6 Å². The highest BCUT2D eigenvalue weighted by Crippen LogP contribution is 2.20. The molecule has 0 saturated carbocycles. The van der Waals surface area contributed by atoms with Crippen molar-refractivity contribution in [2.75, 3.05) is 5.32 Å². The van der Waals surface area contributed by atoms with Crippen LogP contribution in [0.5, 0.6) is 0 Å². The number of hydrogen-bond acceptors (Lipinski definition) is 3. The first-order chi connectivity index (χ1) is 12.5. The van der Waals surface area contributed by atoms with Crippen LogP contribution in [0.4, 0.5) is 20.3 Å². The minimum absolute atomic E-state index is 0.0779. The van der Waals surface area contributed by atoms with Gasteiger partial charge >= 0.3 is 0 Å². The third kappa shape index (κ3) is 4.22. The molecular weight excluding hydrogens is 336 g/mol. The zero-order valence-corrected chi connectivity index (χ0v) is 14.0. The summed E-state index contributed by atoms with van der Waals surface area (Å²) in [4.78, 5) is 16.5. The van der Waals surface area contributed by atoms with Crippen molar-refractivity contribution in [3.63, 3.8) is 0 Å². The second-order valence-electron chi connectivity index (χ2n) is 5.78. The Balaban J connectivity index is 1.73. The zero-order valence-electron chi connectivity index (χ0n) is 14.0. The summed E-state index contributed by atoms with van der Waals surface area (Å²) in [5.74, 6) is -1.38. The lowest BCUT2D eigenvalue weighted by Gasteiger charge is -2.15. The number of hydrogen-bond donors (Lipinski definition) is 2. The first-order valence-electron chi connectivity index (χ1n) is 8.07. The molecule has 1 heterocycles. The van der Waals surface area contributed by atoms with Gasteiger partial charge in [-0.05, 0) is 36.8 Å². The van der Waals surface area contributed by atoms with Crippen LogP contribution in [0.3, 0.4) is 0 Å². The number of pyridine rings is 1. The first-order valence-corrected chi connectivity index (χ1v) is 8.07. The number of halogens is 2. The molecule has 6 heteroatoms. The number of nitrogens with one attached hydrogen (secondary N) is 2. The van der Waals surface area contributed by atoms with Crippen LogP contribution in [0.15, 0.2) is 66.9 Å². The molecule has 0 radical (unpaired) electrons. The minimum Gasteiger partial charge on any atom is -0.346 e. The van der Waals surface area contributed by atoms with Crippen molar-refractivity contribution in [3.8, 4) is 0 Å². The highest BCUT2D eigenvalue weighted by atomic mass is 19.1. The fourth-order valence-corrected chi connectivity index (χ4v) is 2.47. The molecule has 1 amide bonds. The summed E-state index contributed by atoms with van der Waals surface area (Å²) in [6.45, 7) is 1.89. The molecule has 2 N–H and O–H groups in total. The summed E-state index contributed by atoms with van der Waals surface area (Å²) in [6.07, 6.45) is 1.45. The summed E-state index contributed by atoms with van der Waals surface area (Å²) in [6, 6.07) is 15.7. The van der Waals surface area contributed by atoms with Gasteiger partial charge in [-0.25, -0.2) is 13.8 Å². The molecule has 26 heavy (non-hydrogen) atoms. The van der Waals surface area contributed by atoms with Crippen LogP contribution >= 0.6 is 0 Å². The minimum atomic E-state index is -0.737. The molecule has 1 aromatic heterocycles. The molecule has 0 aliphatic carbocycles. The summed E-state index contributed by atoms with van der Waals surface area (Å²) in [5.41, 5.74) is 1.45. The third-order valence-electron chi connectivity index (χ3n) is 3.86. The van der Waals surface area contributed by atoms with Gasteiger partial charge in [0.2, 0.25) is 0 Å². The van der Waals surface area contributed by atoms with E-state index in [4.69, 9.17) is 0 Å². The van der Waals surface area contributed by atoms with Gasteiger partial charge in [-0.1, -0.05) is 30.3 Å². The van der Waals surface area contributed by atoms with Crippen molar-refractivity contribution in [1.29, 1.82) is 0 Å². The SMILES string of the molecule is CC(NC(=O)c1ccnc(Nc2ccc(F)cc2F)c1)c1ccccc1. The van der Waals surface area contributed by atoms with Crippen molar-refractivity contribution in [2.24, 2.45) is 0 Å². The van der Waals surface area contributed by atoms with E-state index in [1.807, 2.05) is 37.3 Å². The number of carbonyl (C=O) groups is 1. The summed E-state index contributed by atoms with van der Waals surface area (Å²) < 4.78 is 26.7. The Hall–Kier alpha value is -3.28. The van der Waals surface area contributed by atoms with Crippen LogP contribution in [0.25, 0.3) is 0 Å². The monoisotopic (exact) mass is 353 g/mol. The van der Waals surface area contributed by atoms with E-state index < -0.39 is 11.6 Å². The molecule has 1 unspecified atom stereocenters. The fraction of sp³-hybridized carbons (Fsp3) is 0.100. The zero-order chi connectivity index (χ0) is 18.5. The van der Waals surface area contributed by atoms with E-state index in [9.17, 15) is 13.6 Å². The molecule has 3 aromatic rings. The Morgan fingerprint density at radius 3 is 2.54 bits per heavy atom. The molecule has 4 nitrogen and oxygen atoms in total. The number of aromatic nitrogens is 1. The molecular formula is C20H17F2N3O. The van der Waals surface area contributed by atoms with Crippen LogP contribution < -0.4 is 10.6 Å². The van der Waals surface area contributed by atoms with Crippen molar-refractivity contribution in [3.05, 3.63) is 89.6 Å². The molecule has 0 fully saturated rings. The summed E-state index contributed by atoms with van der Waals surface area (Å²) in [7, 11) is 0. The van der Waals surface area contributed by atoms with E-state index in [0.717, 1.165) is 17.7 Å². The molecule has 0 saturated heterocycles. The molecule has 132 valence electrons. The van der Waals surface area contributed by atoms with E-state index in [0.29, 0.717) is 5.56 Å². The number of amides is 1. The predicted octanol–water partition coefficient (Wildman–Crippen LogP) is 4.59. The fourth-order valence-electron chi connectivity index (χ4n) is 2.47. The van der Waals surface area contributed by atoms with Gasteiger partial charge in [-0.3, -0.25) is 4.79 Å². The lowest BCUT2D eigenvalue weighted by Crippen LogP contribution is -2.26. The maximum Gasteiger partial charge on any atom is 0.251 e. The average Bonchev–Trinajstić information content (AvgIpc) is 2.65. The van der Waals surface area contributed by atoms with E-state index >= 15 is 0 Å². The maximum atomic E-state index is 13.7. The third-order valence-corrected chi connectivity index (χ3v) is 3.86. The van der Waals surface area contributed by atoms with Gasteiger partial charge in [-0.15, -0.1) is 0 Å². The van der Waals surface area contributed by atoms with Gasteiger partial charge in [0.15, 0.2) is 0 Å². The molecule has 3 rings (SSSR count). The van der Waals surface area contributed by atoms with E-state index in [1.54, 1.807) is 6.07 Å². The lowest BCUT2D eigenvalue weighted by atomic mass is 10.1. The van der Waals surface area contributed by atoms with Crippen LogP contribution in [0.1, 0.15) is 28.9 Å². The summed E-state index contributed by atoms with van der Waals surface area (Å²) >= 11 is 0. The van der Waals surface area contributed by atoms with Gasteiger partial charge in [0, 0.05) is 17.8 Å². The van der Waals surface area contributed by atoms with Crippen LogP contribution in [-0.4, -0.2) is 10.9 Å². The lowest BCUT2D eigenvalue weighted by molar-refractivity contribution is 0.0940. The Morgan fingerprint density at radius 2 is 1.81 bits per heavy atom. The Labute approximate surface area is 149 Å². The topological polar surface area (TPSA) is 54.0 Å².